The Bertz CT molecular complexity index is 68.5. The molecule has 0 bridgehead atoms. The number of hydrogen-bond donors (Lipinski definition) is 0. The van der Waals surface area contributed by atoms with Gasteiger partial charge in [0.2, 0.25) is 0 Å². The average Bonchev–Trinajstić information content (AvgIpc) is 1.69. The largest absolute Gasteiger partial charge is 0.301 e. The normalized spacial score (nSPS) is 9.86. The van der Waals surface area contributed by atoms with Gasteiger partial charge in [-0.25, -0.2) is 0 Å². The number of nitrogens with zero attached hydrogens (tertiary/aromatic N) is 1. The fourth-order valence-electron chi connectivity index (χ4n) is 0.229. The molecule has 0 saturated heterocycles. The molecule has 0 rings (SSSR count). The van der Waals surface area contributed by atoms with Gasteiger partial charge in [0.05, 0.1) is 0 Å². The van der Waals surface area contributed by atoms with Crippen molar-refractivity contribution in [3.63, 3.8) is 0 Å². The summed E-state index contributed by atoms with van der Waals surface area (Å²) in [7, 11) is 0. The molecule has 0 unspecified atom stereocenters. The molecule has 0 aromatic carbocycles. The smallest absolute Gasteiger partial charge is 0.0417 e. The van der Waals surface area contributed by atoms with Crippen molar-refractivity contribution >= 4 is 18.3 Å². The van der Waals surface area contributed by atoms with E-state index < -0.39 is 0 Å². The van der Waals surface area contributed by atoms with E-state index in [4.69, 9.17) is 11.6 Å². The lowest BCUT2D eigenvalue weighted by Gasteiger charge is -1.79. The monoisotopic (exact) mass is 117 g/mol. The van der Waals surface area contributed by atoms with E-state index in [9.17, 15) is 0 Å². The molecule has 2 heteroatoms. The van der Waals surface area contributed by atoms with Gasteiger partial charge in [-0.2, -0.15) is 0 Å². The van der Waals surface area contributed by atoms with Crippen LogP contribution in [-0.4, -0.2) is 13.3 Å². The summed E-state index contributed by atoms with van der Waals surface area (Å²) in [4.78, 5) is 3.61. The van der Waals surface area contributed by atoms with Crippen LogP contribution in [0.4, 0.5) is 0 Å². The predicted octanol–water partition coefficient (Wildman–Crippen LogP) is 1.83. The highest BCUT2D eigenvalue weighted by atomic mass is 35.5. The molecule has 0 aromatic rings. The maximum absolute atomic E-state index is 5.19. The van der Waals surface area contributed by atoms with Gasteiger partial charge in [-0.15, -0.1) is 0 Å². The Hall–Kier alpha value is -0.300. The molecule has 0 aliphatic heterocycles. The maximum Gasteiger partial charge on any atom is 0.0417 e. The zero-order valence-corrected chi connectivity index (χ0v) is 4.86. The van der Waals surface area contributed by atoms with Gasteiger partial charge in [-0.3, -0.25) is 0 Å². The summed E-state index contributed by atoms with van der Waals surface area (Å²) in [5.41, 5.74) is 1.49. The van der Waals surface area contributed by atoms with Crippen molar-refractivity contribution in [1.29, 1.82) is 0 Å². The Labute approximate surface area is 48.7 Å². The third-order valence-electron chi connectivity index (χ3n) is 0.543. The van der Waals surface area contributed by atoms with Gasteiger partial charge in [0.1, 0.15) is 0 Å². The van der Waals surface area contributed by atoms with Crippen LogP contribution in [0.5, 0.6) is 0 Å². The second-order valence-corrected chi connectivity index (χ2v) is 1.35. The molecule has 1 nitrogen and oxygen atoms in total. The van der Waals surface area contributed by atoms with E-state index in [-0.39, 0.29) is 0 Å². The molecule has 0 atom stereocenters. The lowest BCUT2D eigenvalue weighted by atomic mass is 10.4. The molecular weight excluding hydrogens is 110 g/mol. The zero-order chi connectivity index (χ0) is 5.54. The van der Waals surface area contributed by atoms with E-state index in [2.05, 4.69) is 11.7 Å². The first kappa shape index (κ1) is 6.70. The van der Waals surface area contributed by atoms with Gasteiger partial charge in [0, 0.05) is 12.1 Å². The van der Waals surface area contributed by atoms with E-state index >= 15 is 0 Å². The zero-order valence-electron chi connectivity index (χ0n) is 4.10. The van der Waals surface area contributed by atoms with Crippen LogP contribution in [0, 0.1) is 0 Å². The second-order valence-electron chi connectivity index (χ2n) is 1.10. The second kappa shape index (κ2) is 5.70. The minimum atomic E-state index is 0.767. The number of aliphatic imine (C=N–C) groups is 1. The van der Waals surface area contributed by atoms with Gasteiger partial charge in [-0.05, 0) is 13.1 Å². The minimum Gasteiger partial charge on any atom is -0.301 e. The highest BCUT2D eigenvalue weighted by Gasteiger charge is 1.69. The van der Waals surface area contributed by atoms with Crippen molar-refractivity contribution in [3.8, 4) is 0 Å². The molecule has 0 fully saturated rings. The quantitative estimate of drug-likeness (QED) is 0.395. The Kier molecular flexibility index (Phi) is 5.46. The summed E-state index contributed by atoms with van der Waals surface area (Å²) < 4.78 is 0. The van der Waals surface area contributed by atoms with E-state index in [0.29, 0.717) is 0 Å². The summed E-state index contributed by atoms with van der Waals surface area (Å²) in [6.07, 6.45) is 2.74. The lowest BCUT2D eigenvalue weighted by molar-refractivity contribution is 1.02. The third-order valence-corrected chi connectivity index (χ3v) is 0.721. The molecule has 0 aromatic heterocycles. The maximum atomic E-state index is 5.19. The van der Waals surface area contributed by atoms with E-state index in [1.54, 1.807) is 0 Å². The number of rotatable bonds is 3. The third kappa shape index (κ3) is 5.70. The van der Waals surface area contributed by atoms with Crippen LogP contribution in [-0.2, 0) is 0 Å². The summed E-state index contributed by atoms with van der Waals surface area (Å²) in [6, 6.07) is 0. The van der Waals surface area contributed by atoms with Crippen LogP contribution >= 0.6 is 11.6 Å². The van der Waals surface area contributed by atoms with Gasteiger partial charge in [0.15, 0.2) is 0 Å². The van der Waals surface area contributed by atoms with Gasteiger partial charge < -0.3 is 4.99 Å². The molecule has 0 N–H and O–H groups in total. The molecule has 0 spiro atoms. The van der Waals surface area contributed by atoms with Crippen LogP contribution in [0.3, 0.4) is 0 Å². The number of hydrogen-bond acceptors (Lipinski definition) is 1. The summed E-state index contributed by atoms with van der Waals surface area (Å²) >= 11 is 5.19. The SMILES string of the molecule is C=NCC/C=C/Cl. The van der Waals surface area contributed by atoms with Crippen molar-refractivity contribution in [2.75, 3.05) is 6.54 Å². The fraction of sp³-hybridized carbons (Fsp3) is 0.400. The summed E-state index contributed by atoms with van der Waals surface area (Å²) in [5, 5.41) is 0. The van der Waals surface area contributed by atoms with Gasteiger partial charge in [-0.1, -0.05) is 17.7 Å². The highest BCUT2D eigenvalue weighted by Crippen LogP contribution is 1.84. The summed E-state index contributed by atoms with van der Waals surface area (Å²) in [6.45, 7) is 4.07. The molecule has 0 aliphatic rings. The number of halogens is 1. The van der Waals surface area contributed by atoms with E-state index in [0.717, 1.165) is 13.0 Å². The Balaban J connectivity index is 2.82. The first-order valence-corrected chi connectivity index (χ1v) is 2.53. The Morgan fingerprint density at radius 1 is 1.71 bits per heavy atom. The predicted molar refractivity (Wildman–Crippen MR) is 34.0 cm³/mol. The van der Waals surface area contributed by atoms with E-state index in [1.165, 1.54) is 5.54 Å². The minimum absolute atomic E-state index is 0.767. The van der Waals surface area contributed by atoms with Crippen molar-refractivity contribution in [2.45, 2.75) is 6.42 Å². The fourth-order valence-corrected chi connectivity index (χ4v) is 0.355. The molecule has 0 saturated carbocycles. The molecule has 0 radical (unpaired) electrons. The topological polar surface area (TPSA) is 12.4 Å². The van der Waals surface area contributed by atoms with Crippen molar-refractivity contribution < 1.29 is 0 Å². The van der Waals surface area contributed by atoms with Crippen LogP contribution in [0.1, 0.15) is 6.42 Å². The molecule has 7 heavy (non-hydrogen) atoms. The van der Waals surface area contributed by atoms with Crippen LogP contribution in [0.25, 0.3) is 0 Å². The lowest BCUT2D eigenvalue weighted by Crippen LogP contribution is -1.70. The standard InChI is InChI=1S/C5H8ClN/c1-7-5-3-2-4-6/h2,4H,1,3,5H2/b4-2+. The Morgan fingerprint density at radius 3 is 2.86 bits per heavy atom. The summed E-state index contributed by atoms with van der Waals surface area (Å²) in [5.74, 6) is 0. The molecule has 0 aliphatic carbocycles. The molecule has 0 heterocycles. The molecule has 40 valence electrons. The highest BCUT2D eigenvalue weighted by molar-refractivity contribution is 6.25. The van der Waals surface area contributed by atoms with E-state index in [1.807, 2.05) is 6.08 Å². The van der Waals surface area contributed by atoms with Crippen molar-refractivity contribution in [2.24, 2.45) is 4.99 Å². The first-order valence-electron chi connectivity index (χ1n) is 2.09. The van der Waals surface area contributed by atoms with Crippen LogP contribution < -0.4 is 0 Å². The van der Waals surface area contributed by atoms with Crippen LogP contribution in [0.15, 0.2) is 16.6 Å². The van der Waals surface area contributed by atoms with Gasteiger partial charge in [0.25, 0.3) is 0 Å². The first-order chi connectivity index (χ1) is 3.41. The van der Waals surface area contributed by atoms with Crippen molar-refractivity contribution in [3.05, 3.63) is 11.6 Å². The van der Waals surface area contributed by atoms with Crippen LogP contribution in [0.2, 0.25) is 0 Å². The van der Waals surface area contributed by atoms with Crippen molar-refractivity contribution in [1.82, 2.24) is 0 Å². The van der Waals surface area contributed by atoms with Gasteiger partial charge >= 0.3 is 0 Å². The Morgan fingerprint density at radius 2 is 2.43 bits per heavy atom. The molecule has 0 amide bonds. The molecular formula is C5H8ClN. The average molecular weight is 118 g/mol.